The van der Waals surface area contributed by atoms with Gasteiger partial charge in [0, 0.05) is 28.1 Å². The summed E-state index contributed by atoms with van der Waals surface area (Å²) in [5.41, 5.74) is 2.41. The maximum Gasteiger partial charge on any atom is 0.224 e. The summed E-state index contributed by atoms with van der Waals surface area (Å²) in [6, 6.07) is 2.49. The third kappa shape index (κ3) is 3.94. The number of anilines is 2. The predicted molar refractivity (Wildman–Crippen MR) is 91.4 cm³/mol. The largest absolute Gasteiger partial charge is 0.363 e. The number of hydrogen-bond acceptors (Lipinski definition) is 5. The molecule has 0 saturated carbocycles. The molecule has 2 aromatic heterocycles. The Morgan fingerprint density at radius 3 is 2.67 bits per heavy atom. The van der Waals surface area contributed by atoms with Gasteiger partial charge in [-0.25, -0.2) is 4.98 Å². The minimum absolute atomic E-state index is 0.238. The molecule has 0 aliphatic carbocycles. The van der Waals surface area contributed by atoms with Gasteiger partial charge in [0.15, 0.2) is 0 Å². The van der Waals surface area contributed by atoms with Crippen LogP contribution in [0.1, 0.15) is 47.2 Å². The molecule has 0 bridgehead atoms. The molecule has 2 aromatic rings. The Morgan fingerprint density at radius 2 is 2.05 bits per heavy atom. The van der Waals surface area contributed by atoms with Crippen LogP contribution in [0, 0.1) is 20.8 Å². The molecule has 1 unspecified atom stereocenters. The van der Waals surface area contributed by atoms with Gasteiger partial charge in [-0.2, -0.15) is 4.98 Å². The van der Waals surface area contributed by atoms with E-state index in [0.29, 0.717) is 5.95 Å². The lowest BCUT2D eigenvalue weighted by Gasteiger charge is -2.17. The van der Waals surface area contributed by atoms with Gasteiger partial charge in [-0.1, -0.05) is 6.92 Å². The Hall–Kier alpha value is -1.62. The average Bonchev–Trinajstić information content (AvgIpc) is 2.78. The van der Waals surface area contributed by atoms with Crippen LogP contribution in [0.3, 0.4) is 0 Å². The van der Waals surface area contributed by atoms with E-state index in [1.165, 1.54) is 15.3 Å². The molecule has 2 heterocycles. The SMILES string of the molecule is CCCNc1ncc(C)c(NC(C)c2cc(C)sc2C)n1. The maximum atomic E-state index is 4.58. The zero-order chi connectivity index (χ0) is 15.4. The summed E-state index contributed by atoms with van der Waals surface area (Å²) in [5, 5.41) is 6.74. The summed E-state index contributed by atoms with van der Waals surface area (Å²) in [6.45, 7) is 11.5. The second-order valence-corrected chi connectivity index (χ2v) is 6.85. The molecule has 4 nitrogen and oxygen atoms in total. The molecule has 0 radical (unpaired) electrons. The van der Waals surface area contributed by atoms with Crippen molar-refractivity contribution in [2.24, 2.45) is 0 Å². The van der Waals surface area contributed by atoms with Crippen LogP contribution in [0.4, 0.5) is 11.8 Å². The monoisotopic (exact) mass is 304 g/mol. The maximum absolute atomic E-state index is 4.58. The Bertz CT molecular complexity index is 606. The van der Waals surface area contributed by atoms with Crippen LogP contribution >= 0.6 is 11.3 Å². The number of hydrogen-bond donors (Lipinski definition) is 2. The third-order valence-corrected chi connectivity index (χ3v) is 4.39. The molecule has 5 heteroatoms. The fraction of sp³-hybridized carbons (Fsp3) is 0.500. The van der Waals surface area contributed by atoms with Crippen molar-refractivity contribution in [2.75, 3.05) is 17.2 Å². The van der Waals surface area contributed by atoms with Crippen LogP contribution < -0.4 is 10.6 Å². The van der Waals surface area contributed by atoms with Crippen molar-refractivity contribution in [1.82, 2.24) is 9.97 Å². The molecule has 0 fully saturated rings. The zero-order valence-electron chi connectivity index (χ0n) is 13.4. The van der Waals surface area contributed by atoms with Gasteiger partial charge in [0.1, 0.15) is 5.82 Å². The second-order valence-electron chi connectivity index (χ2n) is 5.39. The molecule has 0 aliphatic heterocycles. The first-order valence-corrected chi connectivity index (χ1v) is 8.24. The minimum Gasteiger partial charge on any atom is -0.363 e. The van der Waals surface area contributed by atoms with Gasteiger partial charge < -0.3 is 10.6 Å². The molecule has 0 amide bonds. The molecular weight excluding hydrogens is 280 g/mol. The van der Waals surface area contributed by atoms with Crippen molar-refractivity contribution in [2.45, 2.75) is 47.1 Å². The summed E-state index contributed by atoms with van der Waals surface area (Å²) in [6.07, 6.45) is 2.93. The van der Waals surface area contributed by atoms with Crippen molar-refractivity contribution in [3.05, 3.63) is 33.1 Å². The summed E-state index contributed by atoms with van der Waals surface area (Å²) in [5.74, 6) is 1.59. The molecule has 0 saturated heterocycles. The number of nitrogens with one attached hydrogen (secondary N) is 2. The highest BCUT2D eigenvalue weighted by Gasteiger charge is 2.13. The van der Waals surface area contributed by atoms with E-state index in [1.54, 1.807) is 0 Å². The Kier molecular flexibility index (Phi) is 5.17. The lowest BCUT2D eigenvalue weighted by atomic mass is 10.1. The van der Waals surface area contributed by atoms with Crippen LogP contribution in [0.5, 0.6) is 0 Å². The number of nitrogens with zero attached hydrogens (tertiary/aromatic N) is 2. The lowest BCUT2D eigenvalue weighted by Crippen LogP contribution is -2.12. The molecule has 1 atom stereocenters. The number of rotatable bonds is 6. The summed E-state index contributed by atoms with van der Waals surface area (Å²) >= 11 is 1.84. The topological polar surface area (TPSA) is 49.8 Å². The first-order chi connectivity index (χ1) is 10.0. The zero-order valence-corrected chi connectivity index (χ0v) is 14.3. The standard InChI is InChI=1S/C16H24N4S/c1-6-7-17-16-18-9-10(2)15(20-16)19-12(4)14-8-11(3)21-13(14)5/h8-9,12H,6-7H2,1-5H3,(H2,17,18,19,20). The van der Waals surface area contributed by atoms with Gasteiger partial charge in [-0.15, -0.1) is 11.3 Å². The number of aromatic nitrogens is 2. The predicted octanol–water partition coefficient (Wildman–Crippen LogP) is 4.46. The van der Waals surface area contributed by atoms with Crippen molar-refractivity contribution in [3.63, 3.8) is 0 Å². The Balaban J connectivity index is 2.16. The molecule has 21 heavy (non-hydrogen) atoms. The van der Waals surface area contributed by atoms with Gasteiger partial charge in [0.2, 0.25) is 5.95 Å². The summed E-state index contributed by atoms with van der Waals surface area (Å²) in [7, 11) is 0. The molecular formula is C16H24N4S. The highest BCUT2D eigenvalue weighted by molar-refractivity contribution is 7.12. The van der Waals surface area contributed by atoms with Crippen LogP contribution in [0.2, 0.25) is 0 Å². The first-order valence-electron chi connectivity index (χ1n) is 7.42. The minimum atomic E-state index is 0.238. The van der Waals surface area contributed by atoms with Crippen LogP contribution in [0.15, 0.2) is 12.3 Å². The Morgan fingerprint density at radius 1 is 1.29 bits per heavy atom. The molecule has 0 aromatic carbocycles. The van der Waals surface area contributed by atoms with E-state index >= 15 is 0 Å². The van der Waals surface area contributed by atoms with Gasteiger partial charge >= 0.3 is 0 Å². The van der Waals surface area contributed by atoms with Gasteiger partial charge in [0.25, 0.3) is 0 Å². The quantitative estimate of drug-likeness (QED) is 0.827. The van der Waals surface area contributed by atoms with Crippen LogP contribution in [-0.4, -0.2) is 16.5 Å². The molecule has 0 aliphatic rings. The molecule has 2 N–H and O–H groups in total. The van der Waals surface area contributed by atoms with E-state index in [-0.39, 0.29) is 6.04 Å². The van der Waals surface area contributed by atoms with E-state index in [2.05, 4.69) is 54.4 Å². The second kappa shape index (κ2) is 6.89. The van der Waals surface area contributed by atoms with Crippen molar-refractivity contribution < 1.29 is 0 Å². The highest BCUT2D eigenvalue weighted by atomic mass is 32.1. The van der Waals surface area contributed by atoms with E-state index in [0.717, 1.165) is 24.3 Å². The van der Waals surface area contributed by atoms with Crippen LogP contribution in [-0.2, 0) is 0 Å². The smallest absolute Gasteiger partial charge is 0.224 e. The molecule has 114 valence electrons. The Labute approximate surface area is 131 Å². The van der Waals surface area contributed by atoms with Gasteiger partial charge in [0.05, 0.1) is 6.04 Å². The molecule has 0 spiro atoms. The summed E-state index contributed by atoms with van der Waals surface area (Å²) < 4.78 is 0. The average molecular weight is 304 g/mol. The van der Waals surface area contributed by atoms with E-state index < -0.39 is 0 Å². The normalized spacial score (nSPS) is 12.2. The van der Waals surface area contributed by atoms with Crippen molar-refractivity contribution in [1.29, 1.82) is 0 Å². The summed E-state index contributed by atoms with van der Waals surface area (Å²) in [4.78, 5) is 11.6. The highest BCUT2D eigenvalue weighted by Crippen LogP contribution is 2.29. The van der Waals surface area contributed by atoms with Gasteiger partial charge in [-0.3, -0.25) is 0 Å². The van der Waals surface area contributed by atoms with E-state index in [1.807, 2.05) is 24.5 Å². The van der Waals surface area contributed by atoms with Gasteiger partial charge in [-0.05, 0) is 45.7 Å². The lowest BCUT2D eigenvalue weighted by molar-refractivity contribution is 0.863. The van der Waals surface area contributed by atoms with Crippen molar-refractivity contribution >= 4 is 23.1 Å². The number of thiophene rings is 1. The number of aryl methyl sites for hydroxylation is 3. The van der Waals surface area contributed by atoms with Crippen molar-refractivity contribution in [3.8, 4) is 0 Å². The fourth-order valence-electron chi connectivity index (χ4n) is 2.27. The fourth-order valence-corrected chi connectivity index (χ4v) is 3.30. The third-order valence-electron chi connectivity index (χ3n) is 3.40. The first kappa shape index (κ1) is 15.8. The van der Waals surface area contributed by atoms with E-state index in [4.69, 9.17) is 0 Å². The molecule has 2 rings (SSSR count). The van der Waals surface area contributed by atoms with Crippen LogP contribution in [0.25, 0.3) is 0 Å². The van der Waals surface area contributed by atoms with E-state index in [9.17, 15) is 0 Å².